The van der Waals surface area contributed by atoms with Gasteiger partial charge in [0.05, 0.1) is 11.4 Å². The molecule has 1 heterocycles. The lowest BCUT2D eigenvalue weighted by Gasteiger charge is -2.16. The SMILES string of the molecule is CCCCCCc1ccc(CCCCCC)c(N=Nc2cc(CCCCCC)c(-c3cccn3C)cc2CCCCCC)c1. The molecule has 0 aliphatic heterocycles. The Hall–Kier alpha value is -2.68. The second-order valence-electron chi connectivity index (χ2n) is 13.0. The molecule has 44 heavy (non-hydrogen) atoms. The van der Waals surface area contributed by atoms with Gasteiger partial charge in [-0.1, -0.05) is 117 Å². The lowest BCUT2D eigenvalue weighted by Crippen LogP contribution is -1.99. The fourth-order valence-corrected chi connectivity index (χ4v) is 6.32. The highest BCUT2D eigenvalue weighted by Crippen LogP contribution is 2.35. The van der Waals surface area contributed by atoms with Crippen molar-refractivity contribution in [3.8, 4) is 11.3 Å². The van der Waals surface area contributed by atoms with Crippen molar-refractivity contribution in [2.75, 3.05) is 0 Å². The van der Waals surface area contributed by atoms with E-state index in [0.29, 0.717) is 0 Å². The van der Waals surface area contributed by atoms with Crippen LogP contribution < -0.4 is 0 Å². The lowest BCUT2D eigenvalue weighted by molar-refractivity contribution is 0.663. The molecule has 0 saturated carbocycles. The zero-order chi connectivity index (χ0) is 31.4. The van der Waals surface area contributed by atoms with Crippen molar-refractivity contribution in [1.29, 1.82) is 0 Å². The van der Waals surface area contributed by atoms with Crippen LogP contribution in [0.25, 0.3) is 11.3 Å². The van der Waals surface area contributed by atoms with Gasteiger partial charge in [0.25, 0.3) is 0 Å². The largest absolute Gasteiger partial charge is 0.351 e. The third kappa shape index (κ3) is 12.0. The minimum atomic E-state index is 1.06. The molecular formula is C41H63N3. The molecule has 0 radical (unpaired) electrons. The lowest BCUT2D eigenvalue weighted by atomic mass is 9.93. The Bertz CT molecular complexity index is 1230. The Morgan fingerprint density at radius 3 is 1.57 bits per heavy atom. The highest BCUT2D eigenvalue weighted by atomic mass is 15.1. The third-order valence-electron chi connectivity index (χ3n) is 9.16. The summed E-state index contributed by atoms with van der Waals surface area (Å²) in [5, 5.41) is 10.2. The van der Waals surface area contributed by atoms with Crippen LogP contribution in [0.5, 0.6) is 0 Å². The maximum atomic E-state index is 5.10. The molecule has 0 atom stereocenters. The van der Waals surface area contributed by atoms with Crippen LogP contribution in [0.2, 0.25) is 0 Å². The molecule has 242 valence electrons. The minimum absolute atomic E-state index is 1.06. The molecule has 0 bridgehead atoms. The van der Waals surface area contributed by atoms with E-state index in [1.165, 1.54) is 136 Å². The third-order valence-corrected chi connectivity index (χ3v) is 9.16. The number of aryl methyl sites for hydroxylation is 5. The maximum absolute atomic E-state index is 5.10. The van der Waals surface area contributed by atoms with Crippen LogP contribution in [0.4, 0.5) is 11.4 Å². The predicted octanol–water partition coefficient (Wildman–Crippen LogP) is 13.6. The Morgan fingerprint density at radius 2 is 1.02 bits per heavy atom. The van der Waals surface area contributed by atoms with E-state index in [2.05, 4.69) is 88.0 Å². The van der Waals surface area contributed by atoms with Gasteiger partial charge in [-0.15, -0.1) is 0 Å². The summed E-state index contributed by atoms with van der Waals surface area (Å²) in [5.41, 5.74) is 10.4. The quantitative estimate of drug-likeness (QED) is 0.0768. The summed E-state index contributed by atoms with van der Waals surface area (Å²) in [6.45, 7) is 9.15. The molecule has 3 aromatic rings. The van der Waals surface area contributed by atoms with Crippen LogP contribution in [0.1, 0.15) is 153 Å². The van der Waals surface area contributed by atoms with Crippen LogP contribution in [-0.4, -0.2) is 4.57 Å². The first-order valence-electron chi connectivity index (χ1n) is 18.4. The Morgan fingerprint density at radius 1 is 0.500 bits per heavy atom. The van der Waals surface area contributed by atoms with Crippen LogP contribution in [0.3, 0.4) is 0 Å². The second kappa shape index (κ2) is 21.1. The summed E-state index contributed by atoms with van der Waals surface area (Å²) >= 11 is 0. The van der Waals surface area contributed by atoms with Crippen molar-refractivity contribution in [3.05, 3.63) is 70.9 Å². The molecule has 0 saturated heterocycles. The van der Waals surface area contributed by atoms with Crippen molar-refractivity contribution < 1.29 is 0 Å². The predicted molar refractivity (Wildman–Crippen MR) is 193 cm³/mol. The first-order valence-corrected chi connectivity index (χ1v) is 18.4. The second-order valence-corrected chi connectivity index (χ2v) is 13.0. The summed E-state index contributed by atoms with van der Waals surface area (Å²) in [7, 11) is 2.17. The summed E-state index contributed by atoms with van der Waals surface area (Å²) < 4.78 is 2.27. The van der Waals surface area contributed by atoms with Gasteiger partial charge in [0, 0.05) is 24.5 Å². The first-order chi connectivity index (χ1) is 21.6. The molecule has 0 aliphatic carbocycles. The van der Waals surface area contributed by atoms with Crippen LogP contribution in [0.15, 0.2) is 58.9 Å². The molecule has 0 unspecified atom stereocenters. The van der Waals surface area contributed by atoms with Crippen molar-refractivity contribution in [2.45, 2.75) is 156 Å². The van der Waals surface area contributed by atoms with E-state index in [-0.39, 0.29) is 0 Å². The topological polar surface area (TPSA) is 29.6 Å². The molecule has 0 amide bonds. The van der Waals surface area contributed by atoms with Crippen molar-refractivity contribution >= 4 is 11.4 Å². The van der Waals surface area contributed by atoms with Gasteiger partial charge in [-0.05, 0) is 104 Å². The Kier molecular flexibility index (Phi) is 17.2. The smallest absolute Gasteiger partial charge is 0.0892 e. The van der Waals surface area contributed by atoms with E-state index in [0.717, 1.165) is 37.1 Å². The number of hydrogen-bond acceptors (Lipinski definition) is 2. The molecule has 0 fully saturated rings. The number of benzene rings is 2. The maximum Gasteiger partial charge on any atom is 0.0892 e. The van der Waals surface area contributed by atoms with Crippen molar-refractivity contribution in [2.24, 2.45) is 17.3 Å². The average molecular weight is 598 g/mol. The Labute approximate surface area is 271 Å². The van der Waals surface area contributed by atoms with Gasteiger partial charge in [-0.2, -0.15) is 10.2 Å². The highest BCUT2D eigenvalue weighted by Gasteiger charge is 2.14. The minimum Gasteiger partial charge on any atom is -0.351 e. The molecule has 3 rings (SSSR count). The normalized spacial score (nSPS) is 11.7. The molecular weight excluding hydrogens is 534 g/mol. The van der Waals surface area contributed by atoms with Crippen molar-refractivity contribution in [3.63, 3.8) is 0 Å². The van der Waals surface area contributed by atoms with E-state index in [9.17, 15) is 0 Å². The molecule has 2 aromatic carbocycles. The van der Waals surface area contributed by atoms with Gasteiger partial charge < -0.3 is 4.57 Å². The molecule has 0 N–H and O–H groups in total. The summed E-state index contributed by atoms with van der Waals surface area (Å²) in [5.74, 6) is 0. The van der Waals surface area contributed by atoms with Gasteiger partial charge in [0.1, 0.15) is 0 Å². The van der Waals surface area contributed by atoms with Gasteiger partial charge in [0.2, 0.25) is 0 Å². The van der Waals surface area contributed by atoms with Crippen LogP contribution in [0, 0.1) is 0 Å². The van der Waals surface area contributed by atoms with Gasteiger partial charge >= 0.3 is 0 Å². The summed E-state index contributed by atoms with van der Waals surface area (Å²) in [4.78, 5) is 0. The number of azo groups is 1. The molecule has 0 aliphatic rings. The standard InChI is InChI=1S/C41H63N3/c1-6-10-14-18-23-34-28-29-35(24-19-15-11-7-2)39(31-34)42-43-40-33-36(25-20-16-12-8-3)38(41-27-22-30-44(41)5)32-37(40)26-21-17-13-9-4/h22,27-33H,6-21,23-26H2,1-5H3. The number of nitrogens with zero attached hydrogens (tertiary/aromatic N) is 3. The fraction of sp³-hybridized carbons (Fsp3) is 0.610. The summed E-state index contributed by atoms with van der Waals surface area (Å²) in [6.07, 6.45) is 26.9. The van der Waals surface area contributed by atoms with Crippen LogP contribution >= 0.6 is 0 Å². The monoisotopic (exact) mass is 598 g/mol. The summed E-state index contributed by atoms with van der Waals surface area (Å²) in [6, 6.07) is 16.3. The van der Waals surface area contributed by atoms with Gasteiger partial charge in [-0.3, -0.25) is 0 Å². The van der Waals surface area contributed by atoms with Gasteiger partial charge in [-0.25, -0.2) is 0 Å². The Balaban J connectivity index is 1.99. The van der Waals surface area contributed by atoms with E-state index in [4.69, 9.17) is 10.2 Å². The average Bonchev–Trinajstić information content (AvgIpc) is 3.47. The van der Waals surface area contributed by atoms with E-state index in [1.807, 2.05) is 0 Å². The number of hydrogen-bond donors (Lipinski definition) is 0. The molecule has 3 heteroatoms. The number of rotatable bonds is 23. The van der Waals surface area contributed by atoms with E-state index < -0.39 is 0 Å². The zero-order valence-electron chi connectivity index (χ0n) is 29.1. The molecule has 0 spiro atoms. The van der Waals surface area contributed by atoms with Gasteiger partial charge in [0.15, 0.2) is 0 Å². The number of aromatic nitrogens is 1. The molecule has 3 nitrogen and oxygen atoms in total. The van der Waals surface area contributed by atoms with Crippen LogP contribution in [-0.2, 0) is 32.7 Å². The first kappa shape index (κ1) is 35.8. The fourth-order valence-electron chi connectivity index (χ4n) is 6.32. The highest BCUT2D eigenvalue weighted by molar-refractivity contribution is 5.70. The van der Waals surface area contributed by atoms with E-state index >= 15 is 0 Å². The van der Waals surface area contributed by atoms with E-state index in [1.54, 1.807) is 0 Å². The molecule has 1 aromatic heterocycles. The zero-order valence-corrected chi connectivity index (χ0v) is 29.1. The number of unbranched alkanes of at least 4 members (excludes halogenated alkanes) is 12. The van der Waals surface area contributed by atoms with Crippen molar-refractivity contribution in [1.82, 2.24) is 4.57 Å².